The number of nitriles is 1. The van der Waals surface area contributed by atoms with Crippen LogP contribution in [-0.4, -0.2) is 4.98 Å². The molecule has 10 heavy (non-hydrogen) atoms. The zero-order valence-electron chi connectivity index (χ0n) is 4.81. The van der Waals surface area contributed by atoms with E-state index in [0.717, 1.165) is 0 Å². The van der Waals surface area contributed by atoms with Crippen molar-refractivity contribution in [1.29, 1.82) is 5.26 Å². The molecular weight excluding hydrogens is 215 g/mol. The van der Waals surface area contributed by atoms with Gasteiger partial charge in [0.05, 0.1) is 9.50 Å². The lowest BCUT2D eigenvalue weighted by molar-refractivity contribution is 1.25. The van der Waals surface area contributed by atoms with Gasteiger partial charge in [-0.3, -0.25) is 0 Å². The van der Waals surface area contributed by atoms with Gasteiger partial charge in [-0.15, -0.1) is 0 Å². The minimum absolute atomic E-state index is 0.327. The molecule has 0 aromatic carbocycles. The van der Waals surface area contributed by atoms with Gasteiger partial charge in [-0.25, -0.2) is 4.98 Å². The van der Waals surface area contributed by atoms with Gasteiger partial charge >= 0.3 is 0 Å². The van der Waals surface area contributed by atoms with Crippen LogP contribution in [0.4, 0.5) is 0 Å². The van der Waals surface area contributed by atoms with E-state index in [1.54, 1.807) is 0 Å². The van der Waals surface area contributed by atoms with Crippen LogP contribution in [0.5, 0.6) is 0 Å². The second-order valence-electron chi connectivity index (χ2n) is 1.60. The second-order valence-corrected chi connectivity index (χ2v) is 2.86. The summed E-state index contributed by atoms with van der Waals surface area (Å²) in [6.07, 6.45) is 1.50. The Bertz CT molecular complexity index is 292. The summed E-state index contributed by atoms with van der Waals surface area (Å²) >= 11 is 8.81. The zero-order valence-corrected chi connectivity index (χ0v) is 7.15. The van der Waals surface area contributed by atoms with Crippen molar-refractivity contribution >= 4 is 27.5 Å². The lowest BCUT2D eigenvalue weighted by atomic mass is 10.4. The standard InChI is InChI=1S/C6H2BrClN2/c7-5-3-10-4(2-9)1-6(5)8/h1,3H. The zero-order chi connectivity index (χ0) is 7.56. The van der Waals surface area contributed by atoms with E-state index in [1.165, 1.54) is 12.3 Å². The summed E-state index contributed by atoms with van der Waals surface area (Å²) < 4.78 is 0.702. The highest BCUT2D eigenvalue weighted by Gasteiger charge is 1.97. The van der Waals surface area contributed by atoms with E-state index in [1.807, 2.05) is 6.07 Å². The number of rotatable bonds is 0. The third kappa shape index (κ3) is 1.47. The fourth-order valence-corrected chi connectivity index (χ4v) is 0.844. The van der Waals surface area contributed by atoms with Crippen LogP contribution in [0.2, 0.25) is 5.02 Å². The summed E-state index contributed by atoms with van der Waals surface area (Å²) in [5.74, 6) is 0. The average Bonchev–Trinajstić information content (AvgIpc) is 1.95. The van der Waals surface area contributed by atoms with Gasteiger partial charge in [0.2, 0.25) is 0 Å². The molecule has 0 atom stereocenters. The molecule has 1 aromatic heterocycles. The molecule has 0 aliphatic carbocycles. The van der Waals surface area contributed by atoms with E-state index in [2.05, 4.69) is 20.9 Å². The van der Waals surface area contributed by atoms with Gasteiger partial charge in [0.25, 0.3) is 0 Å². The molecule has 1 aromatic rings. The van der Waals surface area contributed by atoms with Crippen LogP contribution in [0.1, 0.15) is 5.69 Å². The third-order valence-electron chi connectivity index (χ3n) is 0.923. The predicted molar refractivity (Wildman–Crippen MR) is 41.7 cm³/mol. The number of nitrogens with zero attached hydrogens (tertiary/aromatic N) is 2. The Labute approximate surface area is 71.6 Å². The molecular formula is C6H2BrClN2. The Hall–Kier alpha value is -0.590. The molecule has 0 amide bonds. The van der Waals surface area contributed by atoms with Crippen LogP contribution in [0.25, 0.3) is 0 Å². The molecule has 0 unspecified atom stereocenters. The molecule has 0 aliphatic rings. The molecule has 0 aliphatic heterocycles. The largest absolute Gasteiger partial charge is 0.244 e. The van der Waals surface area contributed by atoms with Crippen molar-refractivity contribution in [2.75, 3.05) is 0 Å². The molecule has 1 heterocycles. The van der Waals surface area contributed by atoms with Gasteiger partial charge in [0.15, 0.2) is 0 Å². The molecule has 0 spiro atoms. The van der Waals surface area contributed by atoms with Crippen LogP contribution in [0.3, 0.4) is 0 Å². The lowest BCUT2D eigenvalue weighted by Gasteiger charge is -1.92. The average molecular weight is 217 g/mol. The molecule has 4 heteroatoms. The number of halogens is 2. The molecule has 0 radical (unpaired) electrons. The van der Waals surface area contributed by atoms with E-state index in [4.69, 9.17) is 16.9 Å². The van der Waals surface area contributed by atoms with Crippen molar-refractivity contribution in [2.45, 2.75) is 0 Å². The Morgan fingerprint density at radius 3 is 2.90 bits per heavy atom. The highest BCUT2D eigenvalue weighted by atomic mass is 79.9. The molecule has 0 bridgehead atoms. The van der Waals surface area contributed by atoms with E-state index in [-0.39, 0.29) is 0 Å². The molecule has 0 fully saturated rings. The maximum atomic E-state index is 8.37. The molecule has 0 saturated heterocycles. The van der Waals surface area contributed by atoms with Crippen molar-refractivity contribution in [3.63, 3.8) is 0 Å². The fraction of sp³-hybridized carbons (Fsp3) is 0. The number of pyridine rings is 1. The Kier molecular flexibility index (Phi) is 2.25. The smallest absolute Gasteiger partial charge is 0.142 e. The minimum Gasteiger partial charge on any atom is -0.244 e. The highest BCUT2D eigenvalue weighted by Crippen LogP contribution is 2.20. The van der Waals surface area contributed by atoms with Gasteiger partial charge in [0, 0.05) is 6.20 Å². The first-order chi connectivity index (χ1) is 4.74. The molecule has 50 valence electrons. The Morgan fingerprint density at radius 2 is 2.40 bits per heavy atom. The summed E-state index contributed by atoms with van der Waals surface area (Å²) in [7, 11) is 0. The molecule has 1 rings (SSSR count). The van der Waals surface area contributed by atoms with Crippen molar-refractivity contribution in [3.05, 3.63) is 27.5 Å². The first-order valence-electron chi connectivity index (χ1n) is 2.45. The summed E-state index contributed by atoms with van der Waals surface area (Å²) in [5.41, 5.74) is 0.327. The van der Waals surface area contributed by atoms with Crippen molar-refractivity contribution in [2.24, 2.45) is 0 Å². The van der Waals surface area contributed by atoms with Gasteiger partial charge in [0.1, 0.15) is 11.8 Å². The third-order valence-corrected chi connectivity index (χ3v) is 2.10. The summed E-state index contributed by atoms with van der Waals surface area (Å²) in [6.45, 7) is 0. The van der Waals surface area contributed by atoms with E-state index in [0.29, 0.717) is 15.2 Å². The van der Waals surface area contributed by atoms with Crippen LogP contribution in [0.15, 0.2) is 16.7 Å². The SMILES string of the molecule is N#Cc1cc(Cl)c(Br)cn1. The normalized spacial score (nSPS) is 8.90. The molecule has 0 saturated carbocycles. The van der Waals surface area contributed by atoms with Gasteiger partial charge in [-0.2, -0.15) is 5.26 Å². The minimum atomic E-state index is 0.327. The first-order valence-corrected chi connectivity index (χ1v) is 3.62. The Morgan fingerprint density at radius 1 is 1.70 bits per heavy atom. The Balaban J connectivity index is 3.20. The maximum Gasteiger partial charge on any atom is 0.142 e. The van der Waals surface area contributed by atoms with Crippen LogP contribution < -0.4 is 0 Å². The summed E-state index contributed by atoms with van der Waals surface area (Å²) in [6, 6.07) is 3.38. The fourth-order valence-electron chi connectivity index (χ4n) is 0.475. The van der Waals surface area contributed by atoms with E-state index >= 15 is 0 Å². The summed E-state index contributed by atoms with van der Waals surface area (Å²) in [5, 5.41) is 8.87. The van der Waals surface area contributed by atoms with Gasteiger partial charge in [-0.1, -0.05) is 11.6 Å². The first kappa shape index (κ1) is 7.52. The highest BCUT2D eigenvalue weighted by molar-refractivity contribution is 9.10. The monoisotopic (exact) mass is 216 g/mol. The van der Waals surface area contributed by atoms with Crippen LogP contribution in [0, 0.1) is 11.3 Å². The van der Waals surface area contributed by atoms with E-state index in [9.17, 15) is 0 Å². The van der Waals surface area contributed by atoms with Crippen molar-refractivity contribution in [3.8, 4) is 6.07 Å². The number of hydrogen-bond acceptors (Lipinski definition) is 2. The number of hydrogen-bond donors (Lipinski definition) is 0. The van der Waals surface area contributed by atoms with Crippen molar-refractivity contribution in [1.82, 2.24) is 4.98 Å². The lowest BCUT2D eigenvalue weighted by Crippen LogP contribution is -1.80. The van der Waals surface area contributed by atoms with E-state index < -0.39 is 0 Å². The quantitative estimate of drug-likeness (QED) is 0.669. The van der Waals surface area contributed by atoms with Crippen molar-refractivity contribution < 1.29 is 0 Å². The van der Waals surface area contributed by atoms with Gasteiger partial charge < -0.3 is 0 Å². The second kappa shape index (κ2) is 3.00. The molecule has 0 N–H and O–H groups in total. The predicted octanol–water partition coefficient (Wildman–Crippen LogP) is 2.37. The van der Waals surface area contributed by atoms with Gasteiger partial charge in [-0.05, 0) is 22.0 Å². The summed E-state index contributed by atoms with van der Waals surface area (Å²) in [4.78, 5) is 3.77. The topological polar surface area (TPSA) is 36.7 Å². The maximum absolute atomic E-state index is 8.37. The number of aromatic nitrogens is 1. The van der Waals surface area contributed by atoms with Crippen LogP contribution in [-0.2, 0) is 0 Å². The van der Waals surface area contributed by atoms with Crippen LogP contribution >= 0.6 is 27.5 Å². The molecule has 2 nitrogen and oxygen atoms in total.